The van der Waals surface area contributed by atoms with Crippen LogP contribution >= 0.6 is 0 Å². The maximum Gasteiger partial charge on any atom is 0.319 e. The Hall–Kier alpha value is -1.35. The van der Waals surface area contributed by atoms with Crippen LogP contribution in [-0.4, -0.2) is 19.1 Å². The number of aryl methyl sites for hydroxylation is 1. The smallest absolute Gasteiger partial charge is 0.319 e. The number of carbonyl (C=O) groups is 1. The molecule has 0 aliphatic rings. The molecule has 1 aromatic rings. The zero-order chi connectivity index (χ0) is 13.4. The van der Waals surface area contributed by atoms with Crippen LogP contribution in [0.15, 0.2) is 24.3 Å². The molecule has 0 aliphatic heterocycles. The third kappa shape index (κ3) is 4.49. The van der Waals surface area contributed by atoms with Gasteiger partial charge in [-0.1, -0.05) is 38.1 Å². The molecule has 0 radical (unpaired) electrons. The fraction of sp³-hybridized carbons (Fsp3) is 0.533. The zero-order valence-corrected chi connectivity index (χ0v) is 11.5. The van der Waals surface area contributed by atoms with E-state index in [0.29, 0.717) is 6.61 Å². The molecule has 1 N–H and O–H groups in total. The Balaban J connectivity index is 2.56. The minimum atomic E-state index is -0.193. The number of carbonyl (C=O) groups excluding carboxylic acids is 1. The van der Waals surface area contributed by atoms with E-state index in [4.69, 9.17) is 4.74 Å². The first-order valence-electron chi connectivity index (χ1n) is 6.69. The molecular weight excluding hydrogens is 226 g/mol. The van der Waals surface area contributed by atoms with Crippen LogP contribution in [0.3, 0.4) is 0 Å². The molecule has 1 aromatic carbocycles. The number of benzene rings is 1. The normalized spacial score (nSPS) is 12.2. The minimum absolute atomic E-state index is 0.193. The van der Waals surface area contributed by atoms with Gasteiger partial charge in [0.05, 0.1) is 13.2 Å². The molecule has 0 aromatic heterocycles. The third-order valence-electron chi connectivity index (χ3n) is 3.00. The van der Waals surface area contributed by atoms with E-state index in [1.807, 2.05) is 6.92 Å². The number of nitrogens with one attached hydrogen (secondary N) is 1. The highest BCUT2D eigenvalue weighted by atomic mass is 16.5. The molecule has 0 saturated heterocycles. The SMILES string of the molecule is CCOC(=O)CNC(CC)c1ccc(CC)cc1. The van der Waals surface area contributed by atoms with Crippen LogP contribution in [0.25, 0.3) is 0 Å². The lowest BCUT2D eigenvalue weighted by Crippen LogP contribution is -2.28. The molecule has 0 aliphatic carbocycles. The van der Waals surface area contributed by atoms with Crippen molar-refractivity contribution in [2.24, 2.45) is 0 Å². The summed E-state index contributed by atoms with van der Waals surface area (Å²) in [6, 6.07) is 8.75. The quantitative estimate of drug-likeness (QED) is 0.755. The van der Waals surface area contributed by atoms with Crippen molar-refractivity contribution in [1.29, 1.82) is 0 Å². The van der Waals surface area contributed by atoms with Crippen LogP contribution < -0.4 is 5.32 Å². The van der Waals surface area contributed by atoms with Crippen molar-refractivity contribution in [3.63, 3.8) is 0 Å². The predicted octanol–water partition coefficient (Wildman–Crippen LogP) is 2.85. The average molecular weight is 249 g/mol. The molecule has 0 saturated carbocycles. The Bertz CT molecular complexity index is 359. The van der Waals surface area contributed by atoms with Gasteiger partial charge in [-0.2, -0.15) is 0 Å². The molecule has 0 spiro atoms. The van der Waals surface area contributed by atoms with E-state index >= 15 is 0 Å². The number of hydrogen-bond acceptors (Lipinski definition) is 3. The predicted molar refractivity (Wildman–Crippen MR) is 73.5 cm³/mol. The first-order valence-corrected chi connectivity index (χ1v) is 6.69. The van der Waals surface area contributed by atoms with Crippen molar-refractivity contribution in [1.82, 2.24) is 5.32 Å². The standard InChI is InChI=1S/C15H23NO2/c1-4-12-7-9-13(10-8-12)14(5-2)16-11-15(17)18-6-3/h7-10,14,16H,4-6,11H2,1-3H3. The van der Waals surface area contributed by atoms with E-state index in [1.165, 1.54) is 11.1 Å². The van der Waals surface area contributed by atoms with Crippen molar-refractivity contribution in [2.45, 2.75) is 39.7 Å². The lowest BCUT2D eigenvalue weighted by molar-refractivity contribution is -0.142. The van der Waals surface area contributed by atoms with Gasteiger partial charge in [0.2, 0.25) is 0 Å². The van der Waals surface area contributed by atoms with Gasteiger partial charge in [-0.3, -0.25) is 4.79 Å². The summed E-state index contributed by atoms with van der Waals surface area (Å²) >= 11 is 0. The second kappa shape index (κ2) is 7.88. The number of hydrogen-bond donors (Lipinski definition) is 1. The summed E-state index contributed by atoms with van der Waals surface area (Å²) < 4.78 is 4.91. The Labute approximate surface area is 110 Å². The van der Waals surface area contributed by atoms with E-state index in [2.05, 4.69) is 43.4 Å². The number of rotatable bonds is 7. The second-order valence-corrected chi connectivity index (χ2v) is 4.24. The van der Waals surface area contributed by atoms with E-state index in [0.717, 1.165) is 12.8 Å². The molecule has 0 heterocycles. The summed E-state index contributed by atoms with van der Waals surface area (Å²) in [5.74, 6) is -0.193. The zero-order valence-electron chi connectivity index (χ0n) is 11.5. The van der Waals surface area contributed by atoms with E-state index in [-0.39, 0.29) is 18.6 Å². The maximum absolute atomic E-state index is 11.3. The molecule has 3 nitrogen and oxygen atoms in total. The van der Waals surface area contributed by atoms with Gasteiger partial charge in [0.15, 0.2) is 0 Å². The summed E-state index contributed by atoms with van der Waals surface area (Å²) in [5.41, 5.74) is 2.55. The molecule has 100 valence electrons. The van der Waals surface area contributed by atoms with E-state index < -0.39 is 0 Å². The monoisotopic (exact) mass is 249 g/mol. The third-order valence-corrected chi connectivity index (χ3v) is 3.00. The highest BCUT2D eigenvalue weighted by Crippen LogP contribution is 2.17. The van der Waals surface area contributed by atoms with Crippen LogP contribution in [0.1, 0.15) is 44.4 Å². The molecule has 1 unspecified atom stereocenters. The van der Waals surface area contributed by atoms with Crippen molar-refractivity contribution < 1.29 is 9.53 Å². The fourth-order valence-corrected chi connectivity index (χ4v) is 1.90. The Morgan fingerprint density at radius 1 is 1.22 bits per heavy atom. The van der Waals surface area contributed by atoms with Gasteiger partial charge >= 0.3 is 5.97 Å². The Kier molecular flexibility index (Phi) is 6.44. The van der Waals surface area contributed by atoms with Crippen molar-refractivity contribution >= 4 is 5.97 Å². The average Bonchev–Trinajstić information content (AvgIpc) is 2.40. The van der Waals surface area contributed by atoms with Gasteiger partial charge in [0.1, 0.15) is 0 Å². The van der Waals surface area contributed by atoms with Crippen molar-refractivity contribution in [2.75, 3.05) is 13.2 Å². The van der Waals surface area contributed by atoms with E-state index in [1.54, 1.807) is 0 Å². The molecular formula is C15H23NO2. The van der Waals surface area contributed by atoms with Gasteiger partial charge in [-0.05, 0) is 30.9 Å². The molecule has 0 bridgehead atoms. The van der Waals surface area contributed by atoms with E-state index in [9.17, 15) is 4.79 Å². The second-order valence-electron chi connectivity index (χ2n) is 4.24. The van der Waals surface area contributed by atoms with Crippen molar-refractivity contribution in [3.8, 4) is 0 Å². The van der Waals surface area contributed by atoms with Crippen LogP contribution in [0, 0.1) is 0 Å². The van der Waals surface area contributed by atoms with Gasteiger partial charge in [-0.25, -0.2) is 0 Å². The lowest BCUT2D eigenvalue weighted by atomic mass is 10.0. The van der Waals surface area contributed by atoms with Gasteiger partial charge < -0.3 is 10.1 Å². The first kappa shape index (κ1) is 14.7. The summed E-state index contributed by atoms with van der Waals surface area (Å²) in [7, 11) is 0. The van der Waals surface area contributed by atoms with Crippen molar-refractivity contribution in [3.05, 3.63) is 35.4 Å². The number of ether oxygens (including phenoxy) is 1. The Morgan fingerprint density at radius 2 is 1.89 bits per heavy atom. The number of esters is 1. The topological polar surface area (TPSA) is 38.3 Å². The summed E-state index contributed by atoms with van der Waals surface area (Å²) in [6.07, 6.45) is 2.00. The molecule has 18 heavy (non-hydrogen) atoms. The summed E-state index contributed by atoms with van der Waals surface area (Å²) in [5, 5.41) is 3.23. The minimum Gasteiger partial charge on any atom is -0.465 e. The highest BCUT2D eigenvalue weighted by Gasteiger charge is 2.10. The van der Waals surface area contributed by atoms with Crippen LogP contribution in [0.5, 0.6) is 0 Å². The van der Waals surface area contributed by atoms with Gasteiger partial charge in [-0.15, -0.1) is 0 Å². The van der Waals surface area contributed by atoms with Gasteiger partial charge in [0.25, 0.3) is 0 Å². The van der Waals surface area contributed by atoms with Gasteiger partial charge in [0, 0.05) is 6.04 Å². The first-order chi connectivity index (χ1) is 8.71. The highest BCUT2D eigenvalue weighted by molar-refractivity contribution is 5.71. The summed E-state index contributed by atoms with van der Waals surface area (Å²) in [4.78, 5) is 11.3. The molecule has 0 amide bonds. The largest absolute Gasteiger partial charge is 0.465 e. The lowest BCUT2D eigenvalue weighted by Gasteiger charge is -2.17. The van der Waals surface area contributed by atoms with Crippen LogP contribution in [-0.2, 0) is 16.0 Å². The molecule has 3 heteroatoms. The molecule has 1 rings (SSSR count). The summed E-state index contributed by atoms with van der Waals surface area (Å²) in [6.45, 7) is 6.77. The fourth-order valence-electron chi connectivity index (χ4n) is 1.90. The van der Waals surface area contributed by atoms with Crippen LogP contribution in [0.2, 0.25) is 0 Å². The Morgan fingerprint density at radius 3 is 2.39 bits per heavy atom. The molecule has 0 fully saturated rings. The van der Waals surface area contributed by atoms with Crippen LogP contribution in [0.4, 0.5) is 0 Å². The maximum atomic E-state index is 11.3. The molecule has 1 atom stereocenters.